The van der Waals surface area contributed by atoms with Crippen LogP contribution in [0.3, 0.4) is 0 Å². The fourth-order valence-electron chi connectivity index (χ4n) is 4.26. The Labute approximate surface area is 136 Å². The van der Waals surface area contributed by atoms with Gasteiger partial charge in [-0.25, -0.2) is 0 Å². The fourth-order valence-corrected chi connectivity index (χ4v) is 4.26. The number of fused-ring (bicyclic) bond motifs is 3. The SMILES string of the molecule is CC(=O)[C@H]1[C@H](C(C)C)C(C#N)(C#N)[C@H]2C=Cc3ccccc3N12. The molecule has 0 N–H and O–H groups in total. The maximum atomic E-state index is 12.5. The van der Waals surface area contributed by atoms with Gasteiger partial charge in [-0.2, -0.15) is 10.5 Å². The van der Waals surface area contributed by atoms with Gasteiger partial charge in [-0.15, -0.1) is 0 Å². The Hall–Kier alpha value is -2.59. The maximum Gasteiger partial charge on any atom is 0.172 e. The molecule has 0 amide bonds. The predicted molar refractivity (Wildman–Crippen MR) is 88.2 cm³/mol. The van der Waals surface area contributed by atoms with E-state index in [0.717, 1.165) is 11.3 Å². The van der Waals surface area contributed by atoms with E-state index in [2.05, 4.69) is 12.1 Å². The van der Waals surface area contributed by atoms with Crippen LogP contribution >= 0.6 is 0 Å². The van der Waals surface area contributed by atoms with Crippen molar-refractivity contribution in [1.82, 2.24) is 0 Å². The molecular weight excluding hydrogens is 286 g/mol. The summed E-state index contributed by atoms with van der Waals surface area (Å²) in [7, 11) is 0. The van der Waals surface area contributed by atoms with Gasteiger partial charge < -0.3 is 4.90 Å². The first-order chi connectivity index (χ1) is 11.0. The van der Waals surface area contributed by atoms with Crippen LogP contribution in [-0.2, 0) is 4.79 Å². The van der Waals surface area contributed by atoms with Crippen LogP contribution in [0.5, 0.6) is 0 Å². The molecular formula is C19H19N3O. The highest BCUT2D eigenvalue weighted by molar-refractivity contribution is 5.90. The zero-order valence-electron chi connectivity index (χ0n) is 13.5. The van der Waals surface area contributed by atoms with Crippen LogP contribution in [0.15, 0.2) is 30.3 Å². The van der Waals surface area contributed by atoms with Crippen molar-refractivity contribution in [2.75, 3.05) is 4.90 Å². The Balaban J connectivity index is 2.28. The monoisotopic (exact) mass is 305 g/mol. The average molecular weight is 305 g/mol. The maximum absolute atomic E-state index is 12.5. The molecule has 116 valence electrons. The largest absolute Gasteiger partial charge is 0.351 e. The average Bonchev–Trinajstić information content (AvgIpc) is 2.86. The van der Waals surface area contributed by atoms with E-state index in [-0.39, 0.29) is 17.6 Å². The molecule has 2 aliphatic heterocycles. The Morgan fingerprint density at radius 2 is 1.91 bits per heavy atom. The highest BCUT2D eigenvalue weighted by Gasteiger charge is 2.62. The molecule has 4 nitrogen and oxygen atoms in total. The second-order valence-corrected chi connectivity index (χ2v) is 6.69. The van der Waals surface area contributed by atoms with E-state index in [1.807, 2.05) is 55.2 Å². The molecule has 2 aliphatic rings. The molecule has 3 rings (SSSR count). The zero-order valence-corrected chi connectivity index (χ0v) is 13.5. The van der Waals surface area contributed by atoms with Crippen molar-refractivity contribution >= 4 is 17.5 Å². The number of para-hydroxylation sites is 1. The molecule has 0 saturated carbocycles. The van der Waals surface area contributed by atoms with Gasteiger partial charge in [0.2, 0.25) is 0 Å². The number of nitriles is 2. The number of carbonyl (C=O) groups is 1. The molecule has 0 aromatic heterocycles. The number of hydrogen-bond donors (Lipinski definition) is 0. The van der Waals surface area contributed by atoms with Crippen molar-refractivity contribution in [3.63, 3.8) is 0 Å². The fraction of sp³-hybridized carbons (Fsp3) is 0.421. The first-order valence-electron chi connectivity index (χ1n) is 7.86. The Morgan fingerprint density at radius 1 is 1.26 bits per heavy atom. The summed E-state index contributed by atoms with van der Waals surface area (Å²) in [4.78, 5) is 14.5. The van der Waals surface area contributed by atoms with E-state index in [1.165, 1.54) is 0 Å². The number of ketones is 1. The van der Waals surface area contributed by atoms with Crippen LogP contribution in [0.2, 0.25) is 0 Å². The van der Waals surface area contributed by atoms with Gasteiger partial charge in [0.15, 0.2) is 11.2 Å². The van der Waals surface area contributed by atoms with Crippen molar-refractivity contribution < 1.29 is 4.79 Å². The molecule has 1 aromatic carbocycles. The van der Waals surface area contributed by atoms with E-state index >= 15 is 0 Å². The van der Waals surface area contributed by atoms with Gasteiger partial charge in [-0.3, -0.25) is 4.79 Å². The van der Waals surface area contributed by atoms with Gasteiger partial charge in [-0.1, -0.05) is 44.2 Å². The minimum absolute atomic E-state index is 0.00572. The number of anilines is 1. The quantitative estimate of drug-likeness (QED) is 0.841. The third kappa shape index (κ3) is 1.92. The molecule has 0 unspecified atom stereocenters. The third-order valence-corrected chi connectivity index (χ3v) is 5.11. The summed E-state index contributed by atoms with van der Waals surface area (Å²) in [6.07, 6.45) is 3.87. The number of benzene rings is 1. The second-order valence-electron chi connectivity index (χ2n) is 6.69. The molecule has 3 atom stereocenters. The van der Waals surface area contributed by atoms with Gasteiger partial charge in [0, 0.05) is 11.6 Å². The predicted octanol–water partition coefficient (Wildman–Crippen LogP) is 3.17. The van der Waals surface area contributed by atoms with E-state index < -0.39 is 17.5 Å². The van der Waals surface area contributed by atoms with Crippen LogP contribution in [-0.4, -0.2) is 17.9 Å². The zero-order chi connectivity index (χ0) is 16.8. The van der Waals surface area contributed by atoms with E-state index in [0.29, 0.717) is 0 Å². The number of Topliss-reactive ketones (excluding diaryl/α,β-unsaturated/α-hetero) is 1. The van der Waals surface area contributed by atoms with Crippen LogP contribution in [0.1, 0.15) is 26.3 Å². The van der Waals surface area contributed by atoms with Crippen molar-refractivity contribution in [2.45, 2.75) is 32.9 Å². The van der Waals surface area contributed by atoms with Gasteiger partial charge in [-0.05, 0) is 24.5 Å². The van der Waals surface area contributed by atoms with Gasteiger partial charge >= 0.3 is 0 Å². The minimum atomic E-state index is -1.21. The summed E-state index contributed by atoms with van der Waals surface area (Å²) in [6.45, 7) is 5.53. The summed E-state index contributed by atoms with van der Waals surface area (Å²) in [5.74, 6) is -0.267. The van der Waals surface area contributed by atoms with Crippen molar-refractivity contribution in [2.24, 2.45) is 17.3 Å². The van der Waals surface area contributed by atoms with Gasteiger partial charge in [0.1, 0.15) is 0 Å². The van der Waals surface area contributed by atoms with Crippen molar-refractivity contribution in [1.29, 1.82) is 10.5 Å². The molecule has 0 bridgehead atoms. The molecule has 0 aliphatic carbocycles. The Morgan fingerprint density at radius 3 is 2.48 bits per heavy atom. The highest BCUT2D eigenvalue weighted by atomic mass is 16.1. The summed E-state index contributed by atoms with van der Waals surface area (Å²) >= 11 is 0. The van der Waals surface area contributed by atoms with E-state index in [1.54, 1.807) is 6.92 Å². The van der Waals surface area contributed by atoms with Gasteiger partial charge in [0.25, 0.3) is 0 Å². The van der Waals surface area contributed by atoms with E-state index in [9.17, 15) is 15.3 Å². The smallest absolute Gasteiger partial charge is 0.172 e. The van der Waals surface area contributed by atoms with Crippen LogP contribution in [0.4, 0.5) is 5.69 Å². The third-order valence-electron chi connectivity index (χ3n) is 5.11. The lowest BCUT2D eigenvalue weighted by Gasteiger charge is -2.35. The van der Waals surface area contributed by atoms with Crippen LogP contribution in [0.25, 0.3) is 6.08 Å². The lowest BCUT2D eigenvalue weighted by Crippen LogP contribution is -2.44. The lowest BCUT2D eigenvalue weighted by molar-refractivity contribution is -0.119. The summed E-state index contributed by atoms with van der Waals surface area (Å²) in [5.41, 5.74) is 0.733. The first kappa shape index (κ1) is 15.3. The molecule has 23 heavy (non-hydrogen) atoms. The van der Waals surface area contributed by atoms with E-state index in [4.69, 9.17) is 0 Å². The molecule has 1 saturated heterocycles. The standard InChI is InChI=1S/C19H19N3O/c1-12(2)17-18(13(3)23)22-15-7-5-4-6-14(15)8-9-16(22)19(17,10-20)11-21/h4-9,12,16-18H,1-3H3/t16-,17+,18+/m1/s1. The summed E-state index contributed by atoms with van der Waals surface area (Å²) in [6, 6.07) is 11.5. The van der Waals surface area contributed by atoms with Crippen molar-refractivity contribution in [3.8, 4) is 12.1 Å². The minimum Gasteiger partial charge on any atom is -0.351 e. The molecule has 0 spiro atoms. The van der Waals surface area contributed by atoms with Crippen LogP contribution in [0, 0.1) is 39.9 Å². The lowest BCUT2D eigenvalue weighted by atomic mass is 9.68. The number of hydrogen-bond acceptors (Lipinski definition) is 4. The number of carbonyl (C=O) groups excluding carboxylic acids is 1. The van der Waals surface area contributed by atoms with Crippen LogP contribution < -0.4 is 4.90 Å². The Kier molecular flexibility index (Phi) is 3.49. The molecule has 4 heteroatoms. The summed E-state index contributed by atoms with van der Waals surface area (Å²) < 4.78 is 0. The first-order valence-corrected chi connectivity index (χ1v) is 7.86. The Bertz CT molecular complexity index is 752. The normalized spacial score (nSPS) is 27.0. The molecule has 1 fully saturated rings. The molecule has 0 radical (unpaired) electrons. The number of rotatable bonds is 2. The van der Waals surface area contributed by atoms with Crippen molar-refractivity contribution in [3.05, 3.63) is 35.9 Å². The molecule has 2 heterocycles. The molecule has 1 aromatic rings. The summed E-state index contributed by atoms with van der Waals surface area (Å²) in [5, 5.41) is 19.8. The highest BCUT2D eigenvalue weighted by Crippen LogP contribution is 2.53. The topological polar surface area (TPSA) is 67.9 Å². The van der Waals surface area contributed by atoms with Gasteiger partial charge in [0.05, 0.1) is 24.2 Å². The number of nitrogens with zero attached hydrogens (tertiary/aromatic N) is 3. The second kappa shape index (κ2) is 5.25.